The number of nitrogens with zero attached hydrogens (tertiary/aromatic N) is 1. The van der Waals surface area contributed by atoms with Crippen molar-refractivity contribution in [1.29, 1.82) is 0 Å². The third kappa shape index (κ3) is 12.7. The Balaban J connectivity index is 3.04. The Morgan fingerprint density at radius 2 is 1.56 bits per heavy atom. The normalized spacial score (nSPS) is 14.0. The number of thioether (sulfide) groups is 1. The number of carboxylic acid groups (broad SMARTS) is 1. The van der Waals surface area contributed by atoms with E-state index in [1.807, 2.05) is 6.26 Å². The van der Waals surface area contributed by atoms with Gasteiger partial charge in [0.25, 0.3) is 0 Å². The standard InChI is InChI=1S/C25H41N7O6S/c1-14(2)20(32-21(34)17(26)10-12-39-3)23(36)30-18(5-4-11-29-25(27)28)22(35)31-19(24(37)38)13-15-6-8-16(33)9-7-15/h6-9,14,17-20,33H,4-5,10-13,26H2,1-3H3,(H,30,36)(H,31,35)(H,32,34)(H,37,38)(H4,27,28,29). The Hall–Kier alpha value is -3.52. The van der Waals surface area contributed by atoms with Gasteiger partial charge in [-0.25, -0.2) is 4.79 Å². The number of rotatable bonds is 17. The average molecular weight is 568 g/mol. The lowest BCUT2D eigenvalue weighted by Gasteiger charge is -2.27. The Morgan fingerprint density at radius 1 is 0.949 bits per heavy atom. The highest BCUT2D eigenvalue weighted by atomic mass is 32.2. The fourth-order valence-electron chi connectivity index (χ4n) is 3.55. The lowest BCUT2D eigenvalue weighted by Crippen LogP contribution is -2.58. The van der Waals surface area contributed by atoms with Gasteiger partial charge in [0.05, 0.1) is 6.04 Å². The van der Waals surface area contributed by atoms with E-state index in [1.54, 1.807) is 37.7 Å². The third-order valence-electron chi connectivity index (χ3n) is 5.79. The molecule has 4 unspecified atom stereocenters. The molecule has 0 fully saturated rings. The summed E-state index contributed by atoms with van der Waals surface area (Å²) in [6, 6.07) is 1.73. The molecule has 39 heavy (non-hydrogen) atoms. The summed E-state index contributed by atoms with van der Waals surface area (Å²) in [4.78, 5) is 54.7. The van der Waals surface area contributed by atoms with Crippen molar-refractivity contribution in [3.05, 3.63) is 29.8 Å². The predicted molar refractivity (Wildman–Crippen MR) is 151 cm³/mol. The van der Waals surface area contributed by atoms with Gasteiger partial charge in [0.1, 0.15) is 23.9 Å². The van der Waals surface area contributed by atoms with Crippen LogP contribution in [0.15, 0.2) is 29.3 Å². The lowest BCUT2D eigenvalue weighted by molar-refractivity contribution is -0.142. The molecule has 0 aliphatic carbocycles. The number of amides is 3. The van der Waals surface area contributed by atoms with Crippen molar-refractivity contribution in [3.8, 4) is 5.75 Å². The second kappa shape index (κ2) is 17.1. The summed E-state index contributed by atoms with van der Waals surface area (Å²) in [6.45, 7) is 3.67. The molecular formula is C25H41N7O6S. The van der Waals surface area contributed by atoms with Crippen molar-refractivity contribution in [3.63, 3.8) is 0 Å². The maximum absolute atomic E-state index is 13.2. The molecule has 0 bridgehead atoms. The number of guanidine groups is 1. The number of nitrogens with one attached hydrogen (secondary N) is 3. The first-order chi connectivity index (χ1) is 18.3. The van der Waals surface area contributed by atoms with E-state index in [4.69, 9.17) is 17.2 Å². The first kappa shape index (κ1) is 33.5. The van der Waals surface area contributed by atoms with E-state index in [9.17, 15) is 29.4 Å². The van der Waals surface area contributed by atoms with Crippen LogP contribution in [0.4, 0.5) is 0 Å². The summed E-state index contributed by atoms with van der Waals surface area (Å²) in [6.07, 6.45) is 2.70. The molecule has 1 aromatic rings. The number of nitrogens with two attached hydrogens (primary N) is 3. The summed E-state index contributed by atoms with van der Waals surface area (Å²) in [5, 5.41) is 26.9. The smallest absolute Gasteiger partial charge is 0.326 e. The van der Waals surface area contributed by atoms with Crippen molar-refractivity contribution in [2.45, 2.75) is 63.7 Å². The van der Waals surface area contributed by atoms with Crippen molar-refractivity contribution in [2.24, 2.45) is 28.1 Å². The van der Waals surface area contributed by atoms with Gasteiger partial charge in [-0.05, 0) is 54.9 Å². The van der Waals surface area contributed by atoms with Gasteiger partial charge in [-0.15, -0.1) is 0 Å². The summed E-state index contributed by atoms with van der Waals surface area (Å²) in [5.41, 5.74) is 17.2. The van der Waals surface area contributed by atoms with Crippen LogP contribution in [0.3, 0.4) is 0 Å². The molecule has 0 aliphatic rings. The lowest BCUT2D eigenvalue weighted by atomic mass is 10.0. The molecule has 3 amide bonds. The number of aromatic hydroxyl groups is 1. The number of hydrogen-bond acceptors (Lipinski definition) is 8. The molecule has 0 aromatic heterocycles. The van der Waals surface area contributed by atoms with Gasteiger partial charge in [-0.1, -0.05) is 26.0 Å². The number of phenolic OH excluding ortho intramolecular Hbond substituents is 1. The summed E-state index contributed by atoms with van der Waals surface area (Å²) in [5.74, 6) is -2.82. The summed E-state index contributed by atoms with van der Waals surface area (Å²) >= 11 is 1.55. The average Bonchev–Trinajstić information content (AvgIpc) is 2.87. The van der Waals surface area contributed by atoms with Crippen LogP contribution in [0.2, 0.25) is 0 Å². The van der Waals surface area contributed by atoms with E-state index in [2.05, 4.69) is 20.9 Å². The maximum atomic E-state index is 13.2. The molecule has 11 N–H and O–H groups in total. The largest absolute Gasteiger partial charge is 0.508 e. The van der Waals surface area contributed by atoms with E-state index in [1.165, 1.54) is 12.1 Å². The van der Waals surface area contributed by atoms with Crippen LogP contribution in [0.25, 0.3) is 0 Å². The van der Waals surface area contributed by atoms with Crippen LogP contribution in [0, 0.1) is 5.92 Å². The van der Waals surface area contributed by atoms with Crippen molar-refractivity contribution < 1.29 is 29.4 Å². The molecule has 0 heterocycles. The minimum absolute atomic E-state index is 0.0234. The monoisotopic (exact) mass is 567 g/mol. The highest BCUT2D eigenvalue weighted by molar-refractivity contribution is 7.98. The van der Waals surface area contributed by atoms with E-state index in [-0.39, 0.29) is 37.0 Å². The zero-order valence-corrected chi connectivity index (χ0v) is 23.4. The Kier molecular flexibility index (Phi) is 14.7. The number of aliphatic imine (C=N–C) groups is 1. The minimum Gasteiger partial charge on any atom is -0.508 e. The molecule has 0 radical (unpaired) electrons. The van der Waals surface area contributed by atoms with Crippen LogP contribution in [0.5, 0.6) is 5.75 Å². The van der Waals surface area contributed by atoms with Gasteiger partial charge >= 0.3 is 5.97 Å². The van der Waals surface area contributed by atoms with Gasteiger partial charge in [-0.2, -0.15) is 11.8 Å². The summed E-state index contributed by atoms with van der Waals surface area (Å²) < 4.78 is 0. The molecular weight excluding hydrogens is 526 g/mol. The number of carboxylic acids is 1. The number of aliphatic carboxylic acids is 1. The van der Waals surface area contributed by atoms with Crippen LogP contribution < -0.4 is 33.2 Å². The highest BCUT2D eigenvalue weighted by Gasteiger charge is 2.31. The number of phenols is 1. The zero-order chi connectivity index (χ0) is 29.5. The van der Waals surface area contributed by atoms with Crippen molar-refractivity contribution >= 4 is 41.4 Å². The molecule has 14 heteroatoms. The molecule has 0 aliphatic heterocycles. The summed E-state index contributed by atoms with van der Waals surface area (Å²) in [7, 11) is 0. The fourth-order valence-corrected chi connectivity index (χ4v) is 4.03. The minimum atomic E-state index is -1.30. The molecule has 0 saturated carbocycles. The Labute approximate surface area is 232 Å². The van der Waals surface area contributed by atoms with Crippen molar-refractivity contribution in [2.75, 3.05) is 18.6 Å². The van der Waals surface area contributed by atoms with E-state index in [0.717, 1.165) is 0 Å². The van der Waals surface area contributed by atoms with Gasteiger partial charge in [-0.3, -0.25) is 19.4 Å². The fraction of sp³-hybridized carbons (Fsp3) is 0.560. The zero-order valence-electron chi connectivity index (χ0n) is 22.6. The maximum Gasteiger partial charge on any atom is 0.326 e. The van der Waals surface area contributed by atoms with Crippen LogP contribution >= 0.6 is 11.8 Å². The van der Waals surface area contributed by atoms with Gasteiger partial charge in [0, 0.05) is 13.0 Å². The highest BCUT2D eigenvalue weighted by Crippen LogP contribution is 2.12. The molecule has 13 nitrogen and oxygen atoms in total. The molecule has 0 spiro atoms. The third-order valence-corrected chi connectivity index (χ3v) is 6.43. The number of benzene rings is 1. The topological polar surface area (TPSA) is 235 Å². The van der Waals surface area contributed by atoms with Gasteiger partial charge in [0.2, 0.25) is 17.7 Å². The van der Waals surface area contributed by atoms with Gasteiger partial charge in [0.15, 0.2) is 5.96 Å². The molecule has 1 aromatic carbocycles. The predicted octanol–water partition coefficient (Wildman–Crippen LogP) is -0.736. The Bertz CT molecular complexity index is 986. The number of carbonyl (C=O) groups is 4. The van der Waals surface area contributed by atoms with Crippen LogP contribution in [0.1, 0.15) is 38.7 Å². The quantitative estimate of drug-likeness (QED) is 0.0667. The first-order valence-corrected chi connectivity index (χ1v) is 14.0. The van der Waals surface area contributed by atoms with Crippen molar-refractivity contribution in [1.82, 2.24) is 16.0 Å². The number of carbonyl (C=O) groups excluding carboxylic acids is 3. The van der Waals surface area contributed by atoms with E-state index in [0.29, 0.717) is 24.2 Å². The van der Waals surface area contributed by atoms with Crippen LogP contribution in [-0.4, -0.2) is 82.6 Å². The molecule has 218 valence electrons. The molecule has 1 rings (SSSR count). The van der Waals surface area contributed by atoms with Gasteiger partial charge < -0.3 is 43.4 Å². The second-order valence-corrected chi connectivity index (χ2v) is 10.4. The van der Waals surface area contributed by atoms with E-state index < -0.39 is 47.9 Å². The second-order valence-electron chi connectivity index (χ2n) is 9.40. The van der Waals surface area contributed by atoms with E-state index >= 15 is 0 Å². The SMILES string of the molecule is CSCCC(N)C(=O)NC(C(=O)NC(CCCN=C(N)N)C(=O)NC(Cc1ccc(O)cc1)C(=O)O)C(C)C. The molecule has 0 saturated heterocycles. The Morgan fingerprint density at radius 3 is 2.10 bits per heavy atom. The first-order valence-electron chi connectivity index (χ1n) is 12.6. The number of hydrogen-bond donors (Lipinski definition) is 8. The van der Waals surface area contributed by atoms with Crippen LogP contribution in [-0.2, 0) is 25.6 Å². The molecule has 4 atom stereocenters.